The molecule has 2 amide bonds. The molecule has 9 heteroatoms. The topological polar surface area (TPSA) is 79.5 Å². The highest BCUT2D eigenvalue weighted by Gasteiger charge is 2.21. The van der Waals surface area contributed by atoms with E-state index >= 15 is 0 Å². The van der Waals surface area contributed by atoms with Crippen LogP contribution in [-0.4, -0.2) is 44.2 Å². The monoisotopic (exact) mass is 367 g/mol. The zero-order valence-corrected chi connectivity index (χ0v) is 13.9. The Morgan fingerprint density at radius 1 is 1.36 bits per heavy atom. The van der Waals surface area contributed by atoms with Crippen LogP contribution in [0.2, 0.25) is 10.0 Å². The molecule has 2 rings (SSSR count). The van der Waals surface area contributed by atoms with Crippen LogP contribution in [0, 0.1) is 0 Å². The first-order chi connectivity index (χ1) is 10.1. The summed E-state index contributed by atoms with van der Waals surface area (Å²) in [7, 11) is 0. The maximum Gasteiger partial charge on any atom is 0.243 e. The van der Waals surface area contributed by atoms with Crippen LogP contribution in [0.15, 0.2) is 18.2 Å². The number of benzene rings is 1. The van der Waals surface area contributed by atoms with Crippen LogP contribution in [0.4, 0.5) is 5.69 Å². The van der Waals surface area contributed by atoms with Crippen LogP contribution in [0.5, 0.6) is 0 Å². The van der Waals surface area contributed by atoms with Gasteiger partial charge in [-0.2, -0.15) is 0 Å². The minimum absolute atomic E-state index is 0. The van der Waals surface area contributed by atoms with Crippen molar-refractivity contribution in [3.05, 3.63) is 28.2 Å². The Balaban J connectivity index is 0.00000242. The molecule has 0 aromatic heterocycles. The van der Waals surface area contributed by atoms with Crippen molar-refractivity contribution in [1.29, 1.82) is 0 Å². The molecular formula is C13H16Cl3N3O3. The van der Waals surface area contributed by atoms with Gasteiger partial charge in [0.25, 0.3) is 0 Å². The van der Waals surface area contributed by atoms with Gasteiger partial charge in [-0.25, -0.2) is 0 Å². The molecule has 0 aliphatic carbocycles. The maximum absolute atomic E-state index is 11.8. The number of morpholine rings is 1. The lowest BCUT2D eigenvalue weighted by Crippen LogP contribution is -2.52. The molecule has 0 spiro atoms. The molecule has 1 aliphatic rings. The number of anilines is 1. The summed E-state index contributed by atoms with van der Waals surface area (Å²) < 4.78 is 5.18. The number of rotatable bonds is 4. The van der Waals surface area contributed by atoms with Gasteiger partial charge in [-0.3, -0.25) is 9.59 Å². The van der Waals surface area contributed by atoms with Crippen LogP contribution in [0.1, 0.15) is 0 Å². The maximum atomic E-state index is 11.8. The summed E-state index contributed by atoms with van der Waals surface area (Å²) in [6, 6.07) is 4.32. The van der Waals surface area contributed by atoms with Crippen LogP contribution < -0.4 is 16.0 Å². The number of halogens is 3. The second-order valence-electron chi connectivity index (χ2n) is 4.47. The molecule has 1 saturated heterocycles. The third kappa shape index (κ3) is 5.62. The second-order valence-corrected chi connectivity index (χ2v) is 5.32. The highest BCUT2D eigenvalue weighted by Crippen LogP contribution is 2.25. The quantitative estimate of drug-likeness (QED) is 0.752. The standard InChI is InChI=1S/C13H15Cl2N3O3.ClH/c14-8-1-2-9(15)10(5-8)18-12(19)6-17-13(20)11-7-21-4-3-16-11;/h1-2,5,11,16H,3-4,6-7H2,(H,17,20)(H,18,19);1H. The summed E-state index contributed by atoms with van der Waals surface area (Å²) >= 11 is 11.8. The Morgan fingerprint density at radius 3 is 2.82 bits per heavy atom. The van der Waals surface area contributed by atoms with Crippen molar-refractivity contribution in [2.45, 2.75) is 6.04 Å². The van der Waals surface area contributed by atoms with Crippen molar-refractivity contribution in [3.63, 3.8) is 0 Å². The summed E-state index contributed by atoms with van der Waals surface area (Å²) in [5.41, 5.74) is 0.405. The van der Waals surface area contributed by atoms with Crippen LogP contribution in [0.3, 0.4) is 0 Å². The first-order valence-electron chi connectivity index (χ1n) is 6.40. The Kier molecular flexibility index (Phi) is 7.92. The van der Waals surface area contributed by atoms with E-state index in [1.54, 1.807) is 18.2 Å². The normalized spacial score (nSPS) is 17.3. The average molecular weight is 369 g/mol. The van der Waals surface area contributed by atoms with E-state index in [1.807, 2.05) is 0 Å². The van der Waals surface area contributed by atoms with Gasteiger partial charge in [0.1, 0.15) is 6.04 Å². The van der Waals surface area contributed by atoms with E-state index in [2.05, 4.69) is 16.0 Å². The van der Waals surface area contributed by atoms with Gasteiger partial charge < -0.3 is 20.7 Å². The lowest BCUT2D eigenvalue weighted by atomic mass is 10.2. The minimum atomic E-state index is -0.429. The van der Waals surface area contributed by atoms with Crippen molar-refractivity contribution in [1.82, 2.24) is 10.6 Å². The Labute approximate surface area is 144 Å². The highest BCUT2D eigenvalue weighted by molar-refractivity contribution is 6.35. The molecule has 1 heterocycles. The molecule has 0 bridgehead atoms. The van der Waals surface area contributed by atoms with Crippen LogP contribution >= 0.6 is 35.6 Å². The fourth-order valence-electron chi connectivity index (χ4n) is 1.81. The molecule has 0 radical (unpaired) electrons. The number of ether oxygens (including phenoxy) is 1. The molecule has 1 aromatic rings. The predicted molar refractivity (Wildman–Crippen MR) is 88.0 cm³/mol. The number of carbonyl (C=O) groups is 2. The molecule has 6 nitrogen and oxygen atoms in total. The molecule has 3 N–H and O–H groups in total. The largest absolute Gasteiger partial charge is 0.378 e. The molecule has 1 aliphatic heterocycles. The SMILES string of the molecule is Cl.O=C(CNC(=O)C1COCCN1)Nc1cc(Cl)ccc1Cl. The molecule has 0 saturated carbocycles. The number of carbonyl (C=O) groups excluding carboxylic acids is 2. The summed E-state index contributed by atoms with van der Waals surface area (Å²) in [5.74, 6) is -0.661. The van der Waals surface area contributed by atoms with Gasteiger partial charge in [-0.15, -0.1) is 12.4 Å². The molecular weight excluding hydrogens is 353 g/mol. The Morgan fingerprint density at radius 2 is 2.14 bits per heavy atom. The summed E-state index contributed by atoms with van der Waals surface area (Å²) in [5, 5.41) is 8.96. The van der Waals surface area contributed by atoms with Crippen molar-refractivity contribution < 1.29 is 14.3 Å². The molecule has 1 atom stereocenters. The van der Waals surface area contributed by atoms with Gasteiger partial charge in [0.15, 0.2) is 0 Å². The average Bonchev–Trinajstić information content (AvgIpc) is 2.49. The molecule has 1 unspecified atom stereocenters. The van der Waals surface area contributed by atoms with Crippen LogP contribution in [-0.2, 0) is 14.3 Å². The van der Waals surface area contributed by atoms with E-state index in [0.717, 1.165) is 0 Å². The first kappa shape index (κ1) is 19.0. The second kappa shape index (κ2) is 9.17. The smallest absolute Gasteiger partial charge is 0.243 e. The molecule has 122 valence electrons. The van der Waals surface area contributed by atoms with E-state index < -0.39 is 6.04 Å². The van der Waals surface area contributed by atoms with Crippen molar-refractivity contribution >= 4 is 53.1 Å². The first-order valence-corrected chi connectivity index (χ1v) is 7.15. The van der Waals surface area contributed by atoms with Crippen LogP contribution in [0.25, 0.3) is 0 Å². The minimum Gasteiger partial charge on any atom is -0.378 e. The van der Waals surface area contributed by atoms with Gasteiger partial charge in [0.05, 0.1) is 30.5 Å². The summed E-state index contributed by atoms with van der Waals surface area (Å²) in [6.45, 7) is 1.34. The lowest BCUT2D eigenvalue weighted by molar-refractivity contribution is -0.128. The van der Waals surface area contributed by atoms with Gasteiger partial charge in [-0.1, -0.05) is 23.2 Å². The molecule has 1 aromatic carbocycles. The number of nitrogens with one attached hydrogen (secondary N) is 3. The van der Waals surface area contributed by atoms with Crippen molar-refractivity contribution in [2.75, 3.05) is 31.6 Å². The Bertz CT molecular complexity index is 537. The number of amides is 2. The van der Waals surface area contributed by atoms with Crippen molar-refractivity contribution in [2.24, 2.45) is 0 Å². The Hall–Kier alpha value is -1.05. The van der Waals surface area contributed by atoms with E-state index in [9.17, 15) is 9.59 Å². The molecule has 22 heavy (non-hydrogen) atoms. The van der Waals surface area contributed by atoms with Gasteiger partial charge in [0, 0.05) is 11.6 Å². The highest BCUT2D eigenvalue weighted by atomic mass is 35.5. The molecule has 1 fully saturated rings. The third-order valence-corrected chi connectivity index (χ3v) is 3.43. The van der Waals surface area contributed by atoms with Gasteiger partial charge >= 0.3 is 0 Å². The summed E-state index contributed by atoms with van der Waals surface area (Å²) in [4.78, 5) is 23.6. The third-order valence-electron chi connectivity index (χ3n) is 2.86. The number of hydrogen-bond donors (Lipinski definition) is 3. The van der Waals surface area contributed by atoms with Gasteiger partial charge in [0.2, 0.25) is 11.8 Å². The predicted octanol–water partition coefficient (Wildman–Crippen LogP) is 1.46. The summed E-state index contributed by atoms with van der Waals surface area (Å²) in [6.07, 6.45) is 0. The van der Waals surface area contributed by atoms with Crippen molar-refractivity contribution in [3.8, 4) is 0 Å². The zero-order valence-electron chi connectivity index (χ0n) is 11.5. The fraction of sp³-hybridized carbons (Fsp3) is 0.385. The zero-order chi connectivity index (χ0) is 15.2. The number of hydrogen-bond acceptors (Lipinski definition) is 4. The fourth-order valence-corrected chi connectivity index (χ4v) is 2.15. The van der Waals surface area contributed by atoms with E-state index in [-0.39, 0.29) is 30.8 Å². The van der Waals surface area contributed by atoms with E-state index in [1.165, 1.54) is 0 Å². The van der Waals surface area contributed by atoms with Gasteiger partial charge in [-0.05, 0) is 18.2 Å². The lowest BCUT2D eigenvalue weighted by Gasteiger charge is -2.22. The van der Waals surface area contributed by atoms with E-state index in [4.69, 9.17) is 27.9 Å². The van der Waals surface area contributed by atoms with E-state index in [0.29, 0.717) is 35.5 Å².